The summed E-state index contributed by atoms with van der Waals surface area (Å²) in [4.78, 5) is 8.31. The molecule has 0 saturated carbocycles. The Balaban J connectivity index is 1.93. The second kappa shape index (κ2) is 5.25. The zero-order valence-corrected chi connectivity index (χ0v) is 10.9. The van der Waals surface area contributed by atoms with Gasteiger partial charge in [0, 0.05) is 18.0 Å². The SMILES string of the molecule is Cc1nc(CN2CCCC(CO)C2)sc1C. The van der Waals surface area contributed by atoms with Crippen molar-refractivity contribution >= 4 is 11.3 Å². The molecule has 1 fully saturated rings. The first kappa shape index (κ1) is 12.0. The number of likely N-dealkylation sites (tertiary alicyclic amines) is 1. The van der Waals surface area contributed by atoms with Crippen LogP contribution in [0, 0.1) is 19.8 Å². The molecule has 1 aliphatic rings. The summed E-state index contributed by atoms with van der Waals surface area (Å²) in [6.07, 6.45) is 2.37. The minimum absolute atomic E-state index is 0.326. The molecule has 0 radical (unpaired) electrons. The summed E-state index contributed by atoms with van der Waals surface area (Å²) in [6, 6.07) is 0. The molecule has 0 spiro atoms. The molecule has 3 nitrogen and oxygen atoms in total. The van der Waals surface area contributed by atoms with Gasteiger partial charge in [-0.05, 0) is 39.2 Å². The molecule has 1 saturated heterocycles. The molecule has 1 aromatic rings. The third-order valence-corrected chi connectivity index (χ3v) is 4.35. The number of aliphatic hydroxyl groups excluding tert-OH is 1. The maximum Gasteiger partial charge on any atom is 0.107 e. The van der Waals surface area contributed by atoms with Gasteiger partial charge in [-0.1, -0.05) is 0 Å². The van der Waals surface area contributed by atoms with Crippen molar-refractivity contribution in [1.82, 2.24) is 9.88 Å². The van der Waals surface area contributed by atoms with Gasteiger partial charge < -0.3 is 5.11 Å². The fraction of sp³-hybridized carbons (Fsp3) is 0.750. The average molecular weight is 240 g/mol. The summed E-state index contributed by atoms with van der Waals surface area (Å²) >= 11 is 1.80. The zero-order valence-electron chi connectivity index (χ0n) is 10.1. The Labute approximate surface area is 101 Å². The molecule has 1 N–H and O–H groups in total. The van der Waals surface area contributed by atoms with Crippen molar-refractivity contribution in [3.8, 4) is 0 Å². The van der Waals surface area contributed by atoms with E-state index in [1.165, 1.54) is 22.7 Å². The maximum absolute atomic E-state index is 9.18. The van der Waals surface area contributed by atoms with Crippen LogP contribution in [0.3, 0.4) is 0 Å². The van der Waals surface area contributed by atoms with Gasteiger partial charge >= 0.3 is 0 Å². The lowest BCUT2D eigenvalue weighted by Crippen LogP contribution is -2.36. The van der Waals surface area contributed by atoms with Crippen molar-refractivity contribution in [2.24, 2.45) is 5.92 Å². The number of hydrogen-bond donors (Lipinski definition) is 1. The van der Waals surface area contributed by atoms with Crippen molar-refractivity contribution in [2.75, 3.05) is 19.7 Å². The fourth-order valence-electron chi connectivity index (χ4n) is 2.24. The smallest absolute Gasteiger partial charge is 0.107 e. The molecule has 1 aliphatic heterocycles. The molecule has 16 heavy (non-hydrogen) atoms. The van der Waals surface area contributed by atoms with E-state index in [4.69, 9.17) is 0 Å². The number of aromatic nitrogens is 1. The Bertz CT molecular complexity index is 331. The third-order valence-electron chi connectivity index (χ3n) is 3.29. The summed E-state index contributed by atoms with van der Waals surface area (Å²) in [7, 11) is 0. The van der Waals surface area contributed by atoms with E-state index in [0.29, 0.717) is 12.5 Å². The number of aryl methyl sites for hydroxylation is 2. The Morgan fingerprint density at radius 3 is 2.94 bits per heavy atom. The van der Waals surface area contributed by atoms with E-state index in [1.54, 1.807) is 11.3 Å². The van der Waals surface area contributed by atoms with E-state index < -0.39 is 0 Å². The molecule has 0 bridgehead atoms. The van der Waals surface area contributed by atoms with Crippen molar-refractivity contribution in [1.29, 1.82) is 0 Å². The molecule has 90 valence electrons. The van der Waals surface area contributed by atoms with Gasteiger partial charge in [-0.2, -0.15) is 0 Å². The largest absolute Gasteiger partial charge is 0.396 e. The first-order valence-electron chi connectivity index (χ1n) is 5.95. The van der Waals surface area contributed by atoms with Crippen LogP contribution in [0.1, 0.15) is 28.4 Å². The van der Waals surface area contributed by atoms with E-state index in [9.17, 15) is 5.11 Å². The summed E-state index contributed by atoms with van der Waals surface area (Å²) in [5.41, 5.74) is 1.16. The summed E-state index contributed by atoms with van der Waals surface area (Å²) in [5, 5.41) is 10.4. The Kier molecular flexibility index (Phi) is 3.95. The van der Waals surface area contributed by atoms with Crippen LogP contribution in [-0.2, 0) is 6.54 Å². The maximum atomic E-state index is 9.18. The van der Waals surface area contributed by atoms with Crippen LogP contribution in [0.25, 0.3) is 0 Å². The highest BCUT2D eigenvalue weighted by molar-refractivity contribution is 7.11. The van der Waals surface area contributed by atoms with E-state index in [2.05, 4.69) is 23.7 Å². The standard InChI is InChI=1S/C12H20N2OS/c1-9-10(2)16-12(13-9)7-14-5-3-4-11(6-14)8-15/h11,15H,3-8H2,1-2H3. The second-order valence-electron chi connectivity index (χ2n) is 4.68. The molecule has 2 heterocycles. The van der Waals surface area contributed by atoms with Gasteiger partial charge in [-0.25, -0.2) is 4.98 Å². The van der Waals surface area contributed by atoms with Crippen LogP contribution < -0.4 is 0 Å². The lowest BCUT2D eigenvalue weighted by atomic mass is 9.99. The van der Waals surface area contributed by atoms with Crippen molar-refractivity contribution in [3.05, 3.63) is 15.6 Å². The van der Waals surface area contributed by atoms with Crippen LogP contribution in [0.2, 0.25) is 0 Å². The normalized spacial score (nSPS) is 22.6. The highest BCUT2D eigenvalue weighted by Gasteiger charge is 2.20. The van der Waals surface area contributed by atoms with Crippen molar-refractivity contribution < 1.29 is 5.11 Å². The lowest BCUT2D eigenvalue weighted by molar-refractivity contribution is 0.116. The van der Waals surface area contributed by atoms with E-state index in [0.717, 1.165) is 25.3 Å². The zero-order chi connectivity index (χ0) is 11.5. The van der Waals surface area contributed by atoms with Crippen LogP contribution in [-0.4, -0.2) is 34.7 Å². The van der Waals surface area contributed by atoms with Crippen LogP contribution in [0.5, 0.6) is 0 Å². The Morgan fingerprint density at radius 1 is 1.50 bits per heavy atom. The van der Waals surface area contributed by atoms with Gasteiger partial charge in [-0.15, -0.1) is 11.3 Å². The van der Waals surface area contributed by atoms with Gasteiger partial charge in [0.2, 0.25) is 0 Å². The number of hydrogen-bond acceptors (Lipinski definition) is 4. The first-order valence-corrected chi connectivity index (χ1v) is 6.77. The number of nitrogens with zero attached hydrogens (tertiary/aromatic N) is 2. The summed E-state index contributed by atoms with van der Waals surface area (Å²) < 4.78 is 0. The summed E-state index contributed by atoms with van der Waals surface area (Å²) in [6.45, 7) is 7.65. The van der Waals surface area contributed by atoms with Gasteiger partial charge in [0.05, 0.1) is 12.2 Å². The van der Waals surface area contributed by atoms with Crippen molar-refractivity contribution in [2.45, 2.75) is 33.2 Å². The van der Waals surface area contributed by atoms with Crippen LogP contribution in [0.4, 0.5) is 0 Å². The van der Waals surface area contributed by atoms with E-state index >= 15 is 0 Å². The van der Waals surface area contributed by atoms with E-state index in [1.807, 2.05) is 0 Å². The van der Waals surface area contributed by atoms with Crippen molar-refractivity contribution in [3.63, 3.8) is 0 Å². The monoisotopic (exact) mass is 240 g/mol. The molecule has 1 aromatic heterocycles. The van der Waals surface area contributed by atoms with Gasteiger partial charge in [0.15, 0.2) is 0 Å². The van der Waals surface area contributed by atoms with Crippen LogP contribution in [0.15, 0.2) is 0 Å². The number of piperidine rings is 1. The molecule has 1 unspecified atom stereocenters. The lowest BCUT2D eigenvalue weighted by Gasteiger charge is -2.30. The molecule has 0 aliphatic carbocycles. The molecular weight excluding hydrogens is 220 g/mol. The average Bonchev–Trinajstić information content (AvgIpc) is 2.58. The Hall–Kier alpha value is -0.450. The molecule has 2 rings (SSSR count). The van der Waals surface area contributed by atoms with Gasteiger partial charge in [0.1, 0.15) is 5.01 Å². The number of aliphatic hydroxyl groups is 1. The fourth-order valence-corrected chi connectivity index (χ4v) is 3.22. The third kappa shape index (κ3) is 2.81. The number of rotatable bonds is 3. The molecule has 0 aromatic carbocycles. The minimum Gasteiger partial charge on any atom is -0.396 e. The molecule has 1 atom stereocenters. The predicted octanol–water partition coefficient (Wildman–Crippen LogP) is 1.96. The minimum atomic E-state index is 0.326. The Morgan fingerprint density at radius 2 is 2.31 bits per heavy atom. The quantitative estimate of drug-likeness (QED) is 0.877. The summed E-state index contributed by atoms with van der Waals surface area (Å²) in [5.74, 6) is 0.468. The molecule has 4 heteroatoms. The predicted molar refractivity (Wildman–Crippen MR) is 66.7 cm³/mol. The highest BCUT2D eigenvalue weighted by atomic mass is 32.1. The van der Waals surface area contributed by atoms with Crippen LogP contribution >= 0.6 is 11.3 Å². The number of thiazole rings is 1. The van der Waals surface area contributed by atoms with Gasteiger partial charge in [-0.3, -0.25) is 4.90 Å². The first-order chi connectivity index (χ1) is 7.69. The highest BCUT2D eigenvalue weighted by Crippen LogP contribution is 2.21. The van der Waals surface area contributed by atoms with E-state index in [-0.39, 0.29) is 0 Å². The second-order valence-corrected chi connectivity index (χ2v) is 5.96. The molecule has 0 amide bonds. The molecular formula is C12H20N2OS. The topological polar surface area (TPSA) is 36.4 Å². The van der Waals surface area contributed by atoms with Gasteiger partial charge in [0.25, 0.3) is 0 Å².